The van der Waals surface area contributed by atoms with Gasteiger partial charge in [-0.3, -0.25) is 19.3 Å². The predicted octanol–water partition coefficient (Wildman–Crippen LogP) is 2.36. The molecule has 1 fully saturated rings. The van der Waals surface area contributed by atoms with Gasteiger partial charge in [0.2, 0.25) is 5.91 Å². The number of piperazine rings is 1. The summed E-state index contributed by atoms with van der Waals surface area (Å²) in [6, 6.07) is 12.1. The number of hydrogen-bond acceptors (Lipinski definition) is 6. The topological polar surface area (TPSA) is 79.4 Å². The fourth-order valence-electron chi connectivity index (χ4n) is 4.25. The lowest BCUT2D eigenvalue weighted by molar-refractivity contribution is -0.135. The van der Waals surface area contributed by atoms with Crippen molar-refractivity contribution >= 4 is 29.0 Å². The first kappa shape index (κ1) is 21.7. The lowest BCUT2D eigenvalue weighted by Gasteiger charge is -2.40. The molecule has 2 aliphatic rings. The van der Waals surface area contributed by atoms with Crippen LogP contribution in [-0.2, 0) is 9.59 Å². The van der Waals surface area contributed by atoms with Crippen molar-refractivity contribution in [1.82, 2.24) is 4.90 Å². The number of methoxy groups -OCH3 is 1. The number of ketones is 1. The van der Waals surface area contributed by atoms with Gasteiger partial charge in [-0.15, -0.1) is 0 Å². The molecule has 1 unspecified atom stereocenters. The number of rotatable bonds is 5. The first-order valence-corrected chi connectivity index (χ1v) is 10.7. The highest BCUT2D eigenvalue weighted by molar-refractivity contribution is 6.05. The molecular formula is C24H27N3O5. The Balaban J connectivity index is 1.50. The molecule has 0 aromatic heterocycles. The van der Waals surface area contributed by atoms with E-state index in [9.17, 15) is 14.4 Å². The maximum absolute atomic E-state index is 13.3. The SMILES string of the molecule is COc1ccccc1N1CCN(C(=O)C(C)N2C(=O)COc3ccc(C(C)=O)cc32)CC1. The maximum atomic E-state index is 13.3. The van der Waals surface area contributed by atoms with Crippen LogP contribution in [-0.4, -0.2) is 68.4 Å². The Morgan fingerprint density at radius 3 is 2.44 bits per heavy atom. The molecule has 0 bridgehead atoms. The summed E-state index contributed by atoms with van der Waals surface area (Å²) in [6.07, 6.45) is 0. The lowest BCUT2D eigenvalue weighted by Crippen LogP contribution is -2.56. The Morgan fingerprint density at radius 2 is 1.75 bits per heavy atom. The van der Waals surface area contributed by atoms with Crippen LogP contribution in [0.1, 0.15) is 24.2 Å². The molecule has 2 amide bonds. The summed E-state index contributed by atoms with van der Waals surface area (Å²) in [7, 11) is 1.65. The van der Waals surface area contributed by atoms with Crippen molar-refractivity contribution in [2.75, 3.05) is 49.7 Å². The van der Waals surface area contributed by atoms with Crippen molar-refractivity contribution < 1.29 is 23.9 Å². The fourth-order valence-corrected chi connectivity index (χ4v) is 4.25. The third-order valence-corrected chi connectivity index (χ3v) is 6.01. The first-order chi connectivity index (χ1) is 15.4. The van der Waals surface area contributed by atoms with E-state index in [0.29, 0.717) is 43.2 Å². The van der Waals surface area contributed by atoms with E-state index < -0.39 is 6.04 Å². The van der Waals surface area contributed by atoms with Crippen LogP contribution >= 0.6 is 0 Å². The van der Waals surface area contributed by atoms with Gasteiger partial charge >= 0.3 is 0 Å². The van der Waals surface area contributed by atoms with E-state index in [1.54, 1.807) is 37.1 Å². The molecule has 0 saturated carbocycles. The average Bonchev–Trinajstić information content (AvgIpc) is 2.82. The summed E-state index contributed by atoms with van der Waals surface area (Å²) in [5.74, 6) is 0.760. The molecule has 2 heterocycles. The van der Waals surface area contributed by atoms with Crippen molar-refractivity contribution in [1.29, 1.82) is 0 Å². The predicted molar refractivity (Wildman–Crippen MR) is 121 cm³/mol. The van der Waals surface area contributed by atoms with Crippen molar-refractivity contribution in [2.45, 2.75) is 19.9 Å². The number of ether oxygens (including phenoxy) is 2. The van der Waals surface area contributed by atoms with E-state index in [1.807, 2.05) is 24.3 Å². The van der Waals surface area contributed by atoms with Gasteiger partial charge in [0.05, 0.1) is 18.5 Å². The van der Waals surface area contributed by atoms with E-state index in [2.05, 4.69) is 4.90 Å². The number of hydrogen-bond donors (Lipinski definition) is 0. The zero-order valence-corrected chi connectivity index (χ0v) is 18.5. The number of carbonyl (C=O) groups excluding carboxylic acids is 3. The molecule has 8 heteroatoms. The highest BCUT2D eigenvalue weighted by atomic mass is 16.5. The Morgan fingerprint density at radius 1 is 1.03 bits per heavy atom. The smallest absolute Gasteiger partial charge is 0.265 e. The number of carbonyl (C=O) groups is 3. The van der Waals surface area contributed by atoms with E-state index in [4.69, 9.17) is 9.47 Å². The molecule has 8 nitrogen and oxygen atoms in total. The van der Waals surface area contributed by atoms with E-state index >= 15 is 0 Å². The zero-order chi connectivity index (χ0) is 22.8. The number of benzene rings is 2. The molecule has 0 spiro atoms. The van der Waals surface area contributed by atoms with Crippen LogP contribution in [0.5, 0.6) is 11.5 Å². The van der Waals surface area contributed by atoms with Crippen LogP contribution in [0.2, 0.25) is 0 Å². The number of nitrogens with zero attached hydrogens (tertiary/aromatic N) is 3. The molecule has 0 N–H and O–H groups in total. The molecule has 32 heavy (non-hydrogen) atoms. The maximum Gasteiger partial charge on any atom is 0.265 e. The van der Waals surface area contributed by atoms with E-state index in [1.165, 1.54) is 11.8 Å². The van der Waals surface area contributed by atoms with Gasteiger partial charge in [-0.2, -0.15) is 0 Å². The van der Waals surface area contributed by atoms with Gasteiger partial charge in [0, 0.05) is 31.7 Å². The summed E-state index contributed by atoms with van der Waals surface area (Å²) in [5.41, 5.74) is 1.93. The largest absolute Gasteiger partial charge is 0.495 e. The van der Waals surface area contributed by atoms with Crippen molar-refractivity contribution in [3.63, 3.8) is 0 Å². The highest BCUT2D eigenvalue weighted by Gasteiger charge is 2.36. The Bertz CT molecular complexity index is 1050. The molecule has 2 aromatic rings. The molecule has 1 saturated heterocycles. The molecule has 1 atom stereocenters. The van der Waals surface area contributed by atoms with Gasteiger partial charge in [0.1, 0.15) is 17.5 Å². The van der Waals surface area contributed by atoms with Gasteiger partial charge in [0.25, 0.3) is 5.91 Å². The van der Waals surface area contributed by atoms with Gasteiger partial charge in [0.15, 0.2) is 12.4 Å². The van der Waals surface area contributed by atoms with Gasteiger partial charge in [-0.25, -0.2) is 0 Å². The van der Waals surface area contributed by atoms with Gasteiger partial charge in [-0.1, -0.05) is 12.1 Å². The van der Waals surface area contributed by atoms with Gasteiger partial charge < -0.3 is 19.3 Å². The Hall–Kier alpha value is -3.55. The highest BCUT2D eigenvalue weighted by Crippen LogP contribution is 2.35. The van der Waals surface area contributed by atoms with Crippen LogP contribution in [0.25, 0.3) is 0 Å². The molecule has 2 aliphatic heterocycles. The van der Waals surface area contributed by atoms with Crippen molar-refractivity contribution in [2.24, 2.45) is 0 Å². The molecule has 168 valence electrons. The summed E-state index contributed by atoms with van der Waals surface area (Å²) >= 11 is 0. The minimum absolute atomic E-state index is 0.114. The number of amides is 2. The number of anilines is 2. The quantitative estimate of drug-likeness (QED) is 0.669. The monoisotopic (exact) mass is 437 g/mol. The summed E-state index contributed by atoms with van der Waals surface area (Å²) in [6.45, 7) is 5.48. The second-order valence-corrected chi connectivity index (χ2v) is 7.95. The normalized spacial score (nSPS) is 16.8. The summed E-state index contributed by atoms with van der Waals surface area (Å²) < 4.78 is 11.0. The van der Waals surface area contributed by atoms with Crippen LogP contribution in [0.3, 0.4) is 0 Å². The minimum Gasteiger partial charge on any atom is -0.495 e. The van der Waals surface area contributed by atoms with E-state index in [0.717, 1.165) is 11.4 Å². The third kappa shape index (κ3) is 4.00. The van der Waals surface area contributed by atoms with Crippen LogP contribution in [0.15, 0.2) is 42.5 Å². The average molecular weight is 437 g/mol. The van der Waals surface area contributed by atoms with E-state index in [-0.39, 0.29) is 24.2 Å². The standard InChI is InChI=1S/C24H27N3O5/c1-16(27-20-14-18(17(2)28)8-9-22(20)32-15-23(27)29)24(30)26-12-10-25(11-13-26)19-6-4-5-7-21(19)31-3/h4-9,14,16H,10-13,15H2,1-3H3. The van der Waals surface area contributed by atoms with Crippen molar-refractivity contribution in [3.05, 3.63) is 48.0 Å². The minimum atomic E-state index is -0.704. The number of para-hydroxylation sites is 2. The Labute approximate surface area is 187 Å². The number of fused-ring (bicyclic) bond motifs is 1. The molecular weight excluding hydrogens is 410 g/mol. The second-order valence-electron chi connectivity index (χ2n) is 7.95. The zero-order valence-electron chi connectivity index (χ0n) is 18.5. The first-order valence-electron chi connectivity index (χ1n) is 10.7. The third-order valence-electron chi connectivity index (χ3n) is 6.01. The Kier molecular flexibility index (Phi) is 6.03. The van der Waals surface area contributed by atoms with Crippen molar-refractivity contribution in [3.8, 4) is 11.5 Å². The van der Waals surface area contributed by atoms with Crippen LogP contribution < -0.4 is 19.3 Å². The molecule has 0 radical (unpaired) electrons. The second kappa shape index (κ2) is 8.90. The van der Waals surface area contributed by atoms with Crippen LogP contribution in [0.4, 0.5) is 11.4 Å². The summed E-state index contributed by atoms with van der Waals surface area (Å²) in [4.78, 5) is 43.3. The fraction of sp³-hybridized carbons (Fsp3) is 0.375. The number of Topliss-reactive ketones (excluding diaryl/α,β-unsaturated/α-hetero) is 1. The molecule has 0 aliphatic carbocycles. The lowest BCUT2D eigenvalue weighted by atomic mass is 10.1. The van der Waals surface area contributed by atoms with Gasteiger partial charge in [-0.05, 0) is 44.2 Å². The summed E-state index contributed by atoms with van der Waals surface area (Å²) in [5, 5.41) is 0. The molecule has 2 aromatic carbocycles. The molecule has 4 rings (SSSR count). The van der Waals surface area contributed by atoms with Crippen LogP contribution in [0, 0.1) is 0 Å².